The van der Waals surface area contributed by atoms with Crippen molar-refractivity contribution < 1.29 is 13.6 Å². The Morgan fingerprint density at radius 3 is 2.37 bits per heavy atom. The number of halogens is 4. The summed E-state index contributed by atoms with van der Waals surface area (Å²) >= 11 is 5.03. The fraction of sp³-hybridized carbons (Fsp3) is 0. The number of hydrogen-bond donors (Lipinski definition) is 1. The molecule has 2 aromatic carbocycles. The van der Waals surface area contributed by atoms with Gasteiger partial charge in [-0.05, 0) is 52.9 Å². The van der Waals surface area contributed by atoms with Crippen LogP contribution < -0.4 is 5.32 Å². The number of carbonyl (C=O) groups is 1. The van der Waals surface area contributed by atoms with Crippen molar-refractivity contribution in [2.75, 3.05) is 5.32 Å². The number of rotatable bonds is 2. The first-order chi connectivity index (χ1) is 8.97. The average Bonchev–Trinajstić information content (AvgIpc) is 2.33. The summed E-state index contributed by atoms with van der Waals surface area (Å²) in [6, 6.07) is 8.90. The molecule has 0 unspecified atom stereocenters. The Kier molecular flexibility index (Phi) is 4.51. The molecule has 6 heteroatoms. The summed E-state index contributed by atoms with van der Waals surface area (Å²) < 4.78 is 28.3. The van der Waals surface area contributed by atoms with Crippen molar-refractivity contribution in [3.63, 3.8) is 0 Å². The second kappa shape index (κ2) is 5.96. The highest BCUT2D eigenvalue weighted by Gasteiger charge is 2.14. The molecule has 0 aliphatic rings. The fourth-order valence-corrected chi connectivity index (χ4v) is 2.42. The summed E-state index contributed by atoms with van der Waals surface area (Å²) in [5.74, 6) is -2.21. The zero-order valence-corrected chi connectivity index (χ0v) is 13.1. The van der Waals surface area contributed by atoms with E-state index >= 15 is 0 Å². The van der Waals surface area contributed by atoms with Gasteiger partial charge in [0.2, 0.25) is 0 Å². The van der Waals surface area contributed by atoms with Crippen LogP contribution in [0.3, 0.4) is 0 Å². The van der Waals surface area contributed by atoms with E-state index in [-0.39, 0.29) is 4.47 Å². The topological polar surface area (TPSA) is 29.1 Å². The Morgan fingerprint density at radius 1 is 1.16 bits per heavy atom. The van der Waals surface area contributed by atoms with Gasteiger partial charge in [-0.25, -0.2) is 8.78 Å². The van der Waals surface area contributed by atoms with Gasteiger partial charge in [-0.15, -0.1) is 0 Å². The monoisotopic (exact) mass is 437 g/mol. The molecule has 0 saturated heterocycles. The molecule has 0 aliphatic carbocycles. The zero-order chi connectivity index (χ0) is 14.0. The molecule has 0 heterocycles. The minimum atomic E-state index is -0.828. The summed E-state index contributed by atoms with van der Waals surface area (Å²) in [6.45, 7) is 0. The lowest BCUT2D eigenvalue weighted by Gasteiger charge is -2.08. The average molecular weight is 438 g/mol. The molecule has 1 amide bonds. The predicted octanol–water partition coefficient (Wildman–Crippen LogP) is 4.58. The minimum Gasteiger partial charge on any atom is -0.317 e. The smallest absolute Gasteiger partial charge is 0.255 e. The van der Waals surface area contributed by atoms with Gasteiger partial charge < -0.3 is 5.32 Å². The summed E-state index contributed by atoms with van der Waals surface area (Å²) in [4.78, 5) is 11.9. The van der Waals surface area contributed by atoms with Crippen molar-refractivity contribution in [3.05, 3.63) is 61.6 Å². The molecule has 0 fully saturated rings. The highest BCUT2D eigenvalue weighted by molar-refractivity contribution is 14.1. The Balaban J connectivity index is 2.29. The first-order valence-electron chi connectivity index (χ1n) is 5.19. The fourth-order valence-electron chi connectivity index (χ4n) is 1.48. The van der Waals surface area contributed by atoms with Crippen LogP contribution in [0.5, 0.6) is 0 Å². The van der Waals surface area contributed by atoms with Crippen molar-refractivity contribution in [2.24, 2.45) is 0 Å². The normalized spacial score (nSPS) is 10.3. The van der Waals surface area contributed by atoms with Crippen molar-refractivity contribution in [3.8, 4) is 0 Å². The maximum absolute atomic E-state index is 13.6. The number of anilines is 1. The third-order valence-corrected chi connectivity index (χ3v) is 3.46. The quantitative estimate of drug-likeness (QED) is 0.684. The summed E-state index contributed by atoms with van der Waals surface area (Å²) in [5.41, 5.74) is -0.110. The highest BCUT2D eigenvalue weighted by atomic mass is 127. The van der Waals surface area contributed by atoms with Gasteiger partial charge in [-0.2, -0.15) is 0 Å². The van der Waals surface area contributed by atoms with Gasteiger partial charge in [0, 0.05) is 13.6 Å². The van der Waals surface area contributed by atoms with Crippen molar-refractivity contribution in [1.82, 2.24) is 0 Å². The van der Waals surface area contributed by atoms with Crippen LogP contribution in [0.1, 0.15) is 10.4 Å². The highest BCUT2D eigenvalue weighted by Crippen LogP contribution is 2.24. The molecule has 2 aromatic rings. The number of nitrogens with one attached hydrogen (secondary N) is 1. The molecule has 2 nitrogen and oxygen atoms in total. The van der Waals surface area contributed by atoms with Crippen LogP contribution in [0.4, 0.5) is 14.5 Å². The van der Waals surface area contributed by atoms with Gasteiger partial charge in [0.1, 0.15) is 5.69 Å². The molecule has 0 bridgehead atoms. The van der Waals surface area contributed by atoms with Crippen LogP contribution in [0.25, 0.3) is 0 Å². The molecule has 0 aliphatic heterocycles. The van der Waals surface area contributed by atoms with E-state index in [4.69, 9.17) is 0 Å². The van der Waals surface area contributed by atoms with Gasteiger partial charge in [-0.3, -0.25) is 4.79 Å². The lowest BCUT2D eigenvalue weighted by molar-refractivity contribution is 0.102. The van der Waals surface area contributed by atoms with Crippen LogP contribution in [-0.2, 0) is 0 Å². The van der Waals surface area contributed by atoms with Crippen LogP contribution in [-0.4, -0.2) is 5.91 Å². The van der Waals surface area contributed by atoms with Gasteiger partial charge in [-0.1, -0.05) is 22.0 Å². The third kappa shape index (κ3) is 3.50. The Labute approximate surface area is 130 Å². The van der Waals surface area contributed by atoms with E-state index in [0.717, 1.165) is 15.7 Å². The summed E-state index contributed by atoms with van der Waals surface area (Å²) in [7, 11) is 0. The van der Waals surface area contributed by atoms with Crippen LogP contribution in [0.2, 0.25) is 0 Å². The van der Waals surface area contributed by atoms with E-state index in [9.17, 15) is 13.6 Å². The lowest BCUT2D eigenvalue weighted by atomic mass is 10.2. The first-order valence-corrected chi connectivity index (χ1v) is 7.06. The van der Waals surface area contributed by atoms with Gasteiger partial charge in [0.25, 0.3) is 5.91 Å². The van der Waals surface area contributed by atoms with Crippen molar-refractivity contribution in [1.29, 1.82) is 0 Å². The van der Waals surface area contributed by atoms with Gasteiger partial charge >= 0.3 is 0 Å². The van der Waals surface area contributed by atoms with E-state index in [2.05, 4.69) is 43.8 Å². The molecule has 19 heavy (non-hydrogen) atoms. The first kappa shape index (κ1) is 14.4. The zero-order valence-electron chi connectivity index (χ0n) is 9.38. The largest absolute Gasteiger partial charge is 0.317 e. The molecule has 98 valence electrons. The predicted molar refractivity (Wildman–Crippen MR) is 81.2 cm³/mol. The number of amides is 1. The Morgan fingerprint density at radius 2 is 1.79 bits per heavy atom. The molecule has 2 rings (SSSR count). The number of hydrogen-bond acceptors (Lipinski definition) is 1. The number of carbonyl (C=O) groups excluding carboxylic acids is 1. The lowest BCUT2D eigenvalue weighted by Crippen LogP contribution is -2.14. The van der Waals surface area contributed by atoms with E-state index in [1.807, 2.05) is 6.07 Å². The summed E-state index contributed by atoms with van der Waals surface area (Å²) in [6.07, 6.45) is 0. The van der Waals surface area contributed by atoms with E-state index in [1.54, 1.807) is 18.2 Å². The molecule has 0 radical (unpaired) electrons. The summed E-state index contributed by atoms with van der Waals surface area (Å²) in [5, 5.41) is 2.24. The second-order valence-electron chi connectivity index (χ2n) is 3.71. The molecule has 0 saturated carbocycles. The second-order valence-corrected chi connectivity index (χ2v) is 5.87. The standard InChI is InChI=1S/C13H7BrF2INO/c14-8-5-10(15)12(11(16)6-8)18-13(19)7-2-1-3-9(17)4-7/h1-6H,(H,18,19). The maximum Gasteiger partial charge on any atom is 0.255 e. The molecular formula is C13H7BrF2INO. The SMILES string of the molecule is O=C(Nc1c(F)cc(Br)cc1F)c1cccc(I)c1. The third-order valence-electron chi connectivity index (χ3n) is 2.33. The van der Waals surface area contributed by atoms with Crippen LogP contribution in [0, 0.1) is 15.2 Å². The van der Waals surface area contributed by atoms with Crippen LogP contribution in [0.15, 0.2) is 40.9 Å². The van der Waals surface area contributed by atoms with Crippen molar-refractivity contribution in [2.45, 2.75) is 0 Å². The Hall–Kier alpha value is -1.02. The molecule has 0 atom stereocenters. The van der Waals surface area contributed by atoms with E-state index in [0.29, 0.717) is 5.56 Å². The molecule has 0 aromatic heterocycles. The van der Waals surface area contributed by atoms with E-state index < -0.39 is 23.2 Å². The van der Waals surface area contributed by atoms with Crippen molar-refractivity contribution >= 4 is 50.1 Å². The minimum absolute atomic E-state index is 0.273. The van der Waals surface area contributed by atoms with E-state index in [1.165, 1.54) is 0 Å². The maximum atomic E-state index is 13.6. The number of benzene rings is 2. The van der Waals surface area contributed by atoms with Gasteiger partial charge in [0.05, 0.1) is 0 Å². The molecule has 1 N–H and O–H groups in total. The molecular weight excluding hydrogens is 431 g/mol. The van der Waals surface area contributed by atoms with Crippen LogP contribution >= 0.6 is 38.5 Å². The van der Waals surface area contributed by atoms with Gasteiger partial charge in [0.15, 0.2) is 11.6 Å². The molecule has 0 spiro atoms. The Bertz CT molecular complexity index is 625.